The Balaban J connectivity index is 2.08. The highest BCUT2D eigenvalue weighted by molar-refractivity contribution is 5.93. The van der Waals surface area contributed by atoms with Crippen molar-refractivity contribution in [2.75, 3.05) is 18.5 Å². The molecule has 1 amide bonds. The molecule has 0 aliphatic heterocycles. The first kappa shape index (κ1) is 20.1. The molecule has 0 radical (unpaired) electrons. The average molecular weight is 368 g/mol. The summed E-state index contributed by atoms with van der Waals surface area (Å²) in [6, 6.07) is 11.9. The van der Waals surface area contributed by atoms with Crippen LogP contribution in [-0.4, -0.2) is 24.2 Å². The number of hydrogen-bond donors (Lipinski definition) is 2. The molecule has 0 saturated carbocycles. The van der Waals surface area contributed by atoms with Crippen LogP contribution in [0.15, 0.2) is 36.4 Å². The van der Waals surface area contributed by atoms with E-state index in [4.69, 9.17) is 14.7 Å². The maximum atomic E-state index is 12.3. The Morgan fingerprint density at radius 1 is 1.15 bits per heavy atom. The number of rotatable bonds is 6. The zero-order valence-electron chi connectivity index (χ0n) is 16.0. The Bertz CT molecular complexity index is 863. The van der Waals surface area contributed by atoms with Gasteiger partial charge in [-0.15, -0.1) is 0 Å². The van der Waals surface area contributed by atoms with E-state index in [1.165, 1.54) is 0 Å². The molecular weight excluding hydrogens is 344 g/mol. The summed E-state index contributed by atoms with van der Waals surface area (Å²) in [5.74, 6) is 0.355. The largest absolute Gasteiger partial charge is 0.506 e. The van der Waals surface area contributed by atoms with E-state index < -0.39 is 5.91 Å². The smallest absolute Gasteiger partial charge is 0.262 e. The zero-order valence-corrected chi connectivity index (χ0v) is 16.0. The van der Waals surface area contributed by atoms with Crippen molar-refractivity contribution < 1.29 is 19.4 Å². The molecule has 6 nitrogen and oxygen atoms in total. The lowest BCUT2D eigenvalue weighted by molar-refractivity contribution is -0.118. The third-order valence-corrected chi connectivity index (χ3v) is 3.87. The summed E-state index contributed by atoms with van der Waals surface area (Å²) >= 11 is 0. The van der Waals surface area contributed by atoms with Crippen molar-refractivity contribution in [3.05, 3.63) is 47.5 Å². The van der Waals surface area contributed by atoms with Gasteiger partial charge in [0.15, 0.2) is 18.1 Å². The van der Waals surface area contributed by atoms with Crippen LogP contribution >= 0.6 is 0 Å². The summed E-state index contributed by atoms with van der Waals surface area (Å²) in [4.78, 5) is 12.3. The van der Waals surface area contributed by atoms with E-state index in [0.717, 1.165) is 5.56 Å². The second-order valence-corrected chi connectivity index (χ2v) is 7.03. The summed E-state index contributed by atoms with van der Waals surface area (Å²) in [7, 11) is 0. The number of carbonyl (C=O) groups excluding carboxylic acids is 1. The average Bonchev–Trinajstić information content (AvgIpc) is 2.61. The second-order valence-electron chi connectivity index (χ2n) is 7.03. The summed E-state index contributed by atoms with van der Waals surface area (Å²) in [5, 5.41) is 21.6. The Morgan fingerprint density at radius 3 is 2.52 bits per heavy atom. The fourth-order valence-corrected chi connectivity index (χ4v) is 2.40. The molecule has 2 N–H and O–H groups in total. The van der Waals surface area contributed by atoms with E-state index in [1.54, 1.807) is 30.3 Å². The Hall–Kier alpha value is -3.20. The Labute approximate surface area is 159 Å². The molecule has 0 bridgehead atoms. The Morgan fingerprint density at radius 2 is 1.89 bits per heavy atom. The maximum Gasteiger partial charge on any atom is 0.262 e. The van der Waals surface area contributed by atoms with Crippen LogP contribution in [0.25, 0.3) is 0 Å². The van der Waals surface area contributed by atoms with Crippen LogP contribution in [0.5, 0.6) is 17.2 Å². The minimum absolute atomic E-state index is 0.00951. The van der Waals surface area contributed by atoms with Gasteiger partial charge < -0.3 is 19.9 Å². The molecule has 0 fully saturated rings. The lowest BCUT2D eigenvalue weighted by atomic mass is 9.87. The highest BCUT2D eigenvalue weighted by atomic mass is 16.5. The van der Waals surface area contributed by atoms with Gasteiger partial charge in [-0.3, -0.25) is 4.79 Å². The van der Waals surface area contributed by atoms with Crippen molar-refractivity contribution >= 4 is 11.6 Å². The minimum atomic E-state index is -0.414. The van der Waals surface area contributed by atoms with Gasteiger partial charge in [0, 0.05) is 6.07 Å². The minimum Gasteiger partial charge on any atom is -0.506 e. The molecule has 0 aliphatic rings. The first-order valence-electron chi connectivity index (χ1n) is 8.67. The molecule has 27 heavy (non-hydrogen) atoms. The number of anilines is 1. The van der Waals surface area contributed by atoms with E-state index in [1.807, 2.05) is 39.8 Å². The molecule has 2 aromatic rings. The molecule has 2 aromatic carbocycles. The summed E-state index contributed by atoms with van der Waals surface area (Å²) in [5.41, 5.74) is 1.65. The van der Waals surface area contributed by atoms with Gasteiger partial charge in [0.2, 0.25) is 0 Å². The standard InChI is InChI=1S/C21H24N2O4/c1-5-26-19-10-14(12-22)6-9-18(19)27-13-20(25)23-16-11-15(21(2,3)4)7-8-17(16)24/h6-11,24H,5,13H2,1-4H3,(H,23,25). The number of amides is 1. The van der Waals surface area contributed by atoms with E-state index in [0.29, 0.717) is 29.4 Å². The van der Waals surface area contributed by atoms with Gasteiger partial charge in [-0.05, 0) is 42.2 Å². The lowest BCUT2D eigenvalue weighted by Gasteiger charge is -2.20. The van der Waals surface area contributed by atoms with Crippen molar-refractivity contribution in [2.24, 2.45) is 0 Å². The molecule has 0 saturated heterocycles. The summed E-state index contributed by atoms with van der Waals surface area (Å²) in [6.07, 6.45) is 0. The topological polar surface area (TPSA) is 91.6 Å². The van der Waals surface area contributed by atoms with Gasteiger partial charge in [0.05, 0.1) is 23.9 Å². The predicted molar refractivity (Wildman–Crippen MR) is 103 cm³/mol. The van der Waals surface area contributed by atoms with E-state index in [9.17, 15) is 9.90 Å². The number of nitrogens with one attached hydrogen (secondary N) is 1. The third kappa shape index (κ3) is 5.38. The molecule has 0 aliphatic carbocycles. The predicted octanol–water partition coefficient (Wildman–Crippen LogP) is 3.98. The molecular formula is C21H24N2O4. The fraction of sp³-hybridized carbons (Fsp3) is 0.333. The number of nitriles is 1. The molecule has 142 valence electrons. The summed E-state index contributed by atoms with van der Waals surface area (Å²) < 4.78 is 11.0. The third-order valence-electron chi connectivity index (χ3n) is 3.87. The number of ether oxygens (including phenoxy) is 2. The lowest BCUT2D eigenvalue weighted by Crippen LogP contribution is -2.21. The van der Waals surface area contributed by atoms with Gasteiger partial charge in [0.1, 0.15) is 5.75 Å². The van der Waals surface area contributed by atoms with Crippen LogP contribution in [0.4, 0.5) is 5.69 Å². The van der Waals surface area contributed by atoms with Crippen LogP contribution in [0.1, 0.15) is 38.8 Å². The number of phenolic OH excluding ortho intramolecular Hbond substituents is 1. The van der Waals surface area contributed by atoms with Crippen LogP contribution in [0, 0.1) is 11.3 Å². The molecule has 6 heteroatoms. The molecule has 0 heterocycles. The van der Waals surface area contributed by atoms with Crippen LogP contribution < -0.4 is 14.8 Å². The van der Waals surface area contributed by atoms with Crippen molar-refractivity contribution in [2.45, 2.75) is 33.1 Å². The Kier molecular flexibility index (Phi) is 6.30. The number of hydrogen-bond acceptors (Lipinski definition) is 5. The van der Waals surface area contributed by atoms with Gasteiger partial charge >= 0.3 is 0 Å². The van der Waals surface area contributed by atoms with Crippen molar-refractivity contribution in [3.8, 4) is 23.3 Å². The van der Waals surface area contributed by atoms with Crippen molar-refractivity contribution in [1.82, 2.24) is 0 Å². The van der Waals surface area contributed by atoms with Crippen molar-refractivity contribution in [3.63, 3.8) is 0 Å². The molecule has 0 atom stereocenters. The fourth-order valence-electron chi connectivity index (χ4n) is 2.40. The van der Waals surface area contributed by atoms with E-state index in [2.05, 4.69) is 5.32 Å². The highest BCUT2D eigenvalue weighted by Crippen LogP contribution is 2.31. The molecule has 0 spiro atoms. The number of carbonyl (C=O) groups is 1. The molecule has 2 rings (SSSR count). The first-order chi connectivity index (χ1) is 12.7. The summed E-state index contributed by atoms with van der Waals surface area (Å²) in [6.45, 7) is 8.12. The van der Waals surface area contributed by atoms with Gasteiger partial charge in [-0.1, -0.05) is 26.8 Å². The zero-order chi connectivity index (χ0) is 20.0. The van der Waals surface area contributed by atoms with Gasteiger partial charge in [0.25, 0.3) is 5.91 Å². The van der Waals surface area contributed by atoms with E-state index >= 15 is 0 Å². The number of phenols is 1. The SMILES string of the molecule is CCOc1cc(C#N)ccc1OCC(=O)Nc1cc(C(C)(C)C)ccc1O. The molecule has 0 aromatic heterocycles. The van der Waals surface area contributed by atoms with Gasteiger partial charge in [-0.25, -0.2) is 0 Å². The number of aromatic hydroxyl groups is 1. The maximum absolute atomic E-state index is 12.3. The number of benzene rings is 2. The van der Waals surface area contributed by atoms with Crippen LogP contribution in [0.2, 0.25) is 0 Å². The van der Waals surface area contributed by atoms with Crippen LogP contribution in [-0.2, 0) is 10.2 Å². The van der Waals surface area contributed by atoms with Crippen LogP contribution in [0.3, 0.4) is 0 Å². The van der Waals surface area contributed by atoms with E-state index in [-0.39, 0.29) is 17.8 Å². The molecule has 0 unspecified atom stereocenters. The first-order valence-corrected chi connectivity index (χ1v) is 8.67. The quantitative estimate of drug-likeness (QED) is 0.753. The normalized spacial score (nSPS) is 10.8. The monoisotopic (exact) mass is 368 g/mol. The number of nitrogens with zero attached hydrogens (tertiary/aromatic N) is 1. The highest BCUT2D eigenvalue weighted by Gasteiger charge is 2.17. The van der Waals surface area contributed by atoms with Crippen molar-refractivity contribution in [1.29, 1.82) is 5.26 Å². The second kappa shape index (κ2) is 8.45. The van der Waals surface area contributed by atoms with Gasteiger partial charge in [-0.2, -0.15) is 5.26 Å².